The van der Waals surface area contributed by atoms with Gasteiger partial charge in [-0.25, -0.2) is 4.79 Å². The van der Waals surface area contributed by atoms with Crippen LogP contribution in [0.3, 0.4) is 0 Å². The van der Waals surface area contributed by atoms with Crippen molar-refractivity contribution in [1.82, 2.24) is 9.88 Å². The number of unbranched alkanes of at least 4 members (excludes halogenated alkanes) is 1. The Kier molecular flexibility index (Phi) is 5.98. The van der Waals surface area contributed by atoms with Gasteiger partial charge in [-0.1, -0.05) is 29.8 Å². The lowest BCUT2D eigenvalue weighted by Gasteiger charge is -2.43. The Morgan fingerprint density at radius 2 is 2.00 bits per heavy atom. The minimum Gasteiger partial charge on any atom is -0.446 e. The Labute approximate surface area is 202 Å². The Balaban J connectivity index is 1.46. The normalized spacial score (nSPS) is 21.1. The monoisotopic (exact) mass is 483 g/mol. The maximum atomic E-state index is 13.8. The van der Waals surface area contributed by atoms with Crippen molar-refractivity contribution in [2.45, 2.75) is 50.3 Å². The van der Waals surface area contributed by atoms with Crippen LogP contribution in [-0.4, -0.2) is 36.4 Å². The fraction of sp³-hybridized carbons (Fsp3) is 0.385. The number of anilines is 1. The van der Waals surface area contributed by atoms with E-state index in [1.807, 2.05) is 47.4 Å². The predicted molar refractivity (Wildman–Crippen MR) is 130 cm³/mol. The SMILES string of the molecule is CNC(=O)O[C@H]1C[C@@]2(C1)C(=O)N(Cc1cc3cc(Cl)ccc3n1CCCCF)c1ccccc12. The number of ether oxygens (including phenoxy) is 1. The third-order valence-corrected chi connectivity index (χ3v) is 7.26. The molecule has 1 saturated carbocycles. The van der Waals surface area contributed by atoms with Gasteiger partial charge >= 0.3 is 6.09 Å². The second-order valence-electron chi connectivity index (χ2n) is 9.06. The van der Waals surface area contributed by atoms with E-state index in [4.69, 9.17) is 16.3 Å². The summed E-state index contributed by atoms with van der Waals surface area (Å²) in [5.74, 6) is 0.0315. The number of halogens is 2. The molecule has 0 atom stereocenters. The molecule has 1 fully saturated rings. The van der Waals surface area contributed by atoms with Crippen molar-refractivity contribution in [2.24, 2.45) is 0 Å². The van der Waals surface area contributed by atoms with Crippen LogP contribution in [-0.2, 0) is 28.0 Å². The molecule has 1 aliphatic heterocycles. The van der Waals surface area contributed by atoms with Crippen molar-refractivity contribution in [3.63, 3.8) is 0 Å². The summed E-state index contributed by atoms with van der Waals surface area (Å²) in [5.41, 5.74) is 3.22. The first-order valence-electron chi connectivity index (χ1n) is 11.6. The number of amides is 2. The van der Waals surface area contributed by atoms with Crippen molar-refractivity contribution in [1.29, 1.82) is 0 Å². The fourth-order valence-electron chi connectivity index (χ4n) is 5.38. The first-order valence-corrected chi connectivity index (χ1v) is 12.0. The topological polar surface area (TPSA) is 63.6 Å². The summed E-state index contributed by atoms with van der Waals surface area (Å²) < 4.78 is 20.3. The number of fused-ring (bicyclic) bond motifs is 3. The first kappa shape index (κ1) is 22.7. The summed E-state index contributed by atoms with van der Waals surface area (Å²) in [6.07, 6.45) is 1.39. The summed E-state index contributed by atoms with van der Waals surface area (Å²) >= 11 is 6.23. The molecule has 0 saturated heterocycles. The average Bonchev–Trinajstić information content (AvgIpc) is 3.26. The number of benzene rings is 2. The number of carbonyl (C=O) groups is 2. The summed E-state index contributed by atoms with van der Waals surface area (Å²) in [5, 5.41) is 4.12. The van der Waals surface area contributed by atoms with Gasteiger partial charge in [0.25, 0.3) is 0 Å². The van der Waals surface area contributed by atoms with Gasteiger partial charge in [0.2, 0.25) is 5.91 Å². The Morgan fingerprint density at radius 1 is 1.21 bits per heavy atom. The predicted octanol–water partition coefficient (Wildman–Crippen LogP) is 5.35. The van der Waals surface area contributed by atoms with Crippen LogP contribution in [0.25, 0.3) is 10.9 Å². The highest BCUT2D eigenvalue weighted by atomic mass is 35.5. The molecule has 1 N–H and O–H groups in total. The van der Waals surface area contributed by atoms with E-state index in [1.54, 1.807) is 0 Å². The van der Waals surface area contributed by atoms with Gasteiger partial charge in [-0.3, -0.25) is 9.18 Å². The lowest BCUT2D eigenvalue weighted by Crippen LogP contribution is -2.53. The molecule has 2 aromatic carbocycles. The number of alkyl carbamates (subject to hydrolysis) is 1. The van der Waals surface area contributed by atoms with Crippen LogP contribution in [0.1, 0.15) is 36.9 Å². The number of nitrogens with one attached hydrogen (secondary N) is 1. The van der Waals surface area contributed by atoms with E-state index < -0.39 is 11.5 Å². The molecule has 1 aromatic heterocycles. The summed E-state index contributed by atoms with van der Waals surface area (Å²) in [4.78, 5) is 27.3. The molecule has 8 heteroatoms. The second-order valence-corrected chi connectivity index (χ2v) is 9.50. The zero-order valence-corrected chi connectivity index (χ0v) is 19.8. The van der Waals surface area contributed by atoms with E-state index in [0.717, 1.165) is 27.8 Å². The van der Waals surface area contributed by atoms with Crippen molar-refractivity contribution in [3.8, 4) is 0 Å². The molecular weight excluding hydrogens is 457 g/mol. The largest absolute Gasteiger partial charge is 0.446 e. The third-order valence-electron chi connectivity index (χ3n) is 7.03. The summed E-state index contributed by atoms with van der Waals surface area (Å²) in [6.45, 7) is 0.724. The zero-order chi connectivity index (χ0) is 23.9. The number of para-hydroxylation sites is 1. The Morgan fingerprint density at radius 3 is 2.76 bits per heavy atom. The molecule has 6 nitrogen and oxygen atoms in total. The molecule has 0 unspecified atom stereocenters. The number of nitrogens with zero attached hydrogens (tertiary/aromatic N) is 2. The molecule has 2 aliphatic rings. The van der Waals surface area contributed by atoms with Crippen LogP contribution in [0.15, 0.2) is 48.5 Å². The van der Waals surface area contributed by atoms with Gasteiger partial charge in [0.1, 0.15) is 6.10 Å². The van der Waals surface area contributed by atoms with Gasteiger partial charge in [-0.05, 0) is 48.7 Å². The highest BCUT2D eigenvalue weighted by Crippen LogP contribution is 2.54. The molecule has 178 valence electrons. The molecule has 0 radical (unpaired) electrons. The van der Waals surface area contributed by atoms with E-state index in [1.165, 1.54) is 7.05 Å². The van der Waals surface area contributed by atoms with E-state index in [2.05, 4.69) is 16.0 Å². The molecule has 5 rings (SSSR count). The Bertz CT molecular complexity index is 1250. The molecule has 2 heterocycles. The number of carbonyl (C=O) groups excluding carboxylic acids is 2. The van der Waals surface area contributed by atoms with Crippen molar-refractivity contribution < 1.29 is 18.7 Å². The quantitative estimate of drug-likeness (QED) is 0.461. The van der Waals surface area contributed by atoms with Crippen LogP contribution < -0.4 is 10.2 Å². The van der Waals surface area contributed by atoms with Gasteiger partial charge in [-0.15, -0.1) is 0 Å². The lowest BCUT2D eigenvalue weighted by atomic mass is 9.63. The molecule has 3 aromatic rings. The maximum Gasteiger partial charge on any atom is 0.407 e. The molecule has 34 heavy (non-hydrogen) atoms. The minimum atomic E-state index is -0.663. The van der Waals surface area contributed by atoms with Gasteiger partial charge in [0.05, 0.1) is 18.6 Å². The van der Waals surface area contributed by atoms with E-state index >= 15 is 0 Å². The summed E-state index contributed by atoms with van der Waals surface area (Å²) in [7, 11) is 1.52. The van der Waals surface area contributed by atoms with E-state index in [0.29, 0.717) is 43.8 Å². The van der Waals surface area contributed by atoms with Crippen LogP contribution in [0.5, 0.6) is 0 Å². The number of hydrogen-bond donors (Lipinski definition) is 1. The van der Waals surface area contributed by atoms with Crippen LogP contribution in [0, 0.1) is 0 Å². The fourth-order valence-corrected chi connectivity index (χ4v) is 5.56. The smallest absolute Gasteiger partial charge is 0.407 e. The number of rotatable bonds is 7. The van der Waals surface area contributed by atoms with Gasteiger partial charge < -0.3 is 19.5 Å². The summed E-state index contributed by atoms with van der Waals surface area (Å²) in [6, 6.07) is 15.7. The van der Waals surface area contributed by atoms with Gasteiger partial charge in [-0.2, -0.15) is 0 Å². The van der Waals surface area contributed by atoms with Gasteiger partial charge in [0, 0.05) is 53.7 Å². The standard InChI is InChI=1S/C26H27ClFN3O3/c1-29-25(33)34-20-14-26(15-20)21-6-2-3-7-23(21)31(24(26)32)16-19-13-17-12-18(27)8-9-22(17)30(19)11-5-4-10-28/h2-3,6-9,12-13,20H,4-5,10-11,14-16H2,1H3,(H,29,33)/t20-,26-. The zero-order valence-electron chi connectivity index (χ0n) is 19.0. The van der Waals surface area contributed by atoms with Crippen LogP contribution in [0.2, 0.25) is 5.02 Å². The highest BCUT2D eigenvalue weighted by Gasteiger charge is 2.59. The van der Waals surface area contributed by atoms with Crippen LogP contribution in [0.4, 0.5) is 14.9 Å². The Hall–Kier alpha value is -3.06. The van der Waals surface area contributed by atoms with Crippen molar-refractivity contribution in [3.05, 3.63) is 64.8 Å². The van der Waals surface area contributed by atoms with Crippen molar-refractivity contribution in [2.75, 3.05) is 18.6 Å². The average molecular weight is 484 g/mol. The number of aryl methyl sites for hydroxylation is 1. The first-order chi connectivity index (χ1) is 16.5. The van der Waals surface area contributed by atoms with E-state index in [9.17, 15) is 14.0 Å². The van der Waals surface area contributed by atoms with E-state index in [-0.39, 0.29) is 18.7 Å². The number of hydrogen-bond acceptors (Lipinski definition) is 3. The van der Waals surface area contributed by atoms with Crippen LogP contribution >= 0.6 is 11.6 Å². The lowest BCUT2D eigenvalue weighted by molar-refractivity contribution is -0.131. The molecule has 1 spiro atoms. The molecular formula is C26H27ClFN3O3. The van der Waals surface area contributed by atoms with Crippen molar-refractivity contribution >= 4 is 40.2 Å². The number of alkyl halides is 1. The van der Waals surface area contributed by atoms with Gasteiger partial charge in [0.15, 0.2) is 0 Å². The minimum absolute atomic E-state index is 0.0315. The molecule has 2 amide bonds. The molecule has 1 aliphatic carbocycles. The molecule has 0 bridgehead atoms. The number of aromatic nitrogens is 1. The maximum absolute atomic E-state index is 13.8. The third kappa shape index (κ3) is 3.72. The highest BCUT2D eigenvalue weighted by molar-refractivity contribution is 6.31. The second kappa shape index (κ2) is 8.95.